The molecule has 0 heterocycles. The average molecular weight is 407 g/mol. The summed E-state index contributed by atoms with van der Waals surface area (Å²) >= 11 is 0. The number of esters is 1. The van der Waals surface area contributed by atoms with E-state index in [0.717, 1.165) is 22.4 Å². The van der Waals surface area contributed by atoms with E-state index in [1.807, 2.05) is 31.2 Å². The van der Waals surface area contributed by atoms with Crippen LogP contribution in [0.25, 0.3) is 11.6 Å². The normalized spacial score (nSPS) is 17.2. The molecule has 2 aromatic rings. The van der Waals surface area contributed by atoms with E-state index in [0.29, 0.717) is 12.2 Å². The molecular formula is C27H34O3. The van der Waals surface area contributed by atoms with Crippen LogP contribution in [0, 0.1) is 0 Å². The molecule has 0 atom stereocenters. The molecule has 160 valence electrons. The number of allylic oxidation sites excluding steroid dienone is 1. The van der Waals surface area contributed by atoms with E-state index in [-0.39, 0.29) is 16.8 Å². The van der Waals surface area contributed by atoms with Crippen molar-refractivity contribution >= 4 is 17.6 Å². The van der Waals surface area contributed by atoms with Crippen molar-refractivity contribution in [1.82, 2.24) is 0 Å². The van der Waals surface area contributed by atoms with Gasteiger partial charge in [-0.25, -0.2) is 4.79 Å². The topological polar surface area (TPSA) is 35.5 Å². The minimum atomic E-state index is -0.286. The number of fused-ring (bicyclic) bond motifs is 1. The minimum Gasteiger partial charge on any atom is -0.496 e. The van der Waals surface area contributed by atoms with Crippen molar-refractivity contribution in [3.05, 3.63) is 64.2 Å². The average Bonchev–Trinajstić information content (AvgIpc) is 2.71. The van der Waals surface area contributed by atoms with Crippen LogP contribution in [0.15, 0.2) is 36.4 Å². The molecule has 3 rings (SSSR count). The highest BCUT2D eigenvalue weighted by Crippen LogP contribution is 2.48. The van der Waals surface area contributed by atoms with E-state index in [9.17, 15) is 4.79 Å². The molecule has 2 aromatic carbocycles. The number of ether oxygens (including phenoxy) is 2. The SMILES string of the molecule is CCOC(=O)c1ccc(/C=C(\C)c2cc3c(cc2OC)C(C)(C)CCC3(C)C)cc1. The first-order valence-corrected chi connectivity index (χ1v) is 10.8. The van der Waals surface area contributed by atoms with Crippen molar-refractivity contribution in [2.24, 2.45) is 0 Å². The van der Waals surface area contributed by atoms with Crippen LogP contribution in [-0.2, 0) is 15.6 Å². The first-order chi connectivity index (χ1) is 14.1. The molecule has 0 fully saturated rings. The molecule has 3 heteroatoms. The molecule has 3 nitrogen and oxygen atoms in total. The van der Waals surface area contributed by atoms with E-state index in [1.165, 1.54) is 24.0 Å². The van der Waals surface area contributed by atoms with Gasteiger partial charge in [0.25, 0.3) is 0 Å². The summed E-state index contributed by atoms with van der Waals surface area (Å²) in [6, 6.07) is 12.1. The van der Waals surface area contributed by atoms with E-state index in [1.54, 1.807) is 7.11 Å². The molecule has 0 saturated carbocycles. The maximum Gasteiger partial charge on any atom is 0.338 e. The third kappa shape index (κ3) is 4.30. The standard InChI is InChI=1S/C27H34O3/c1-8-30-25(28)20-11-9-19(10-12-20)15-18(2)21-16-22-23(17-24(21)29-7)27(5,6)14-13-26(22,3)4/h9-12,15-17H,8,13-14H2,1-7H3/b18-15+. The van der Waals surface area contributed by atoms with Crippen molar-refractivity contribution in [1.29, 1.82) is 0 Å². The lowest BCUT2D eigenvalue weighted by Gasteiger charge is -2.42. The molecule has 0 amide bonds. The quantitative estimate of drug-likeness (QED) is 0.405. The first-order valence-electron chi connectivity index (χ1n) is 10.8. The van der Waals surface area contributed by atoms with Gasteiger partial charge in [0.2, 0.25) is 0 Å². The number of hydrogen-bond acceptors (Lipinski definition) is 3. The van der Waals surface area contributed by atoms with Gasteiger partial charge < -0.3 is 9.47 Å². The van der Waals surface area contributed by atoms with Crippen LogP contribution in [0.1, 0.15) is 87.0 Å². The molecule has 0 saturated heterocycles. The minimum absolute atomic E-state index is 0.146. The lowest BCUT2D eigenvalue weighted by Crippen LogP contribution is -2.34. The number of hydrogen-bond donors (Lipinski definition) is 0. The molecule has 0 unspecified atom stereocenters. The van der Waals surface area contributed by atoms with Crippen LogP contribution in [0.4, 0.5) is 0 Å². The second kappa shape index (κ2) is 8.29. The van der Waals surface area contributed by atoms with Gasteiger partial charge in [-0.3, -0.25) is 0 Å². The van der Waals surface area contributed by atoms with Gasteiger partial charge in [-0.15, -0.1) is 0 Å². The molecule has 0 radical (unpaired) electrons. The molecule has 0 aliphatic heterocycles. The van der Waals surface area contributed by atoms with Crippen molar-refractivity contribution in [2.45, 2.75) is 65.2 Å². The molecule has 30 heavy (non-hydrogen) atoms. The third-order valence-corrected chi connectivity index (χ3v) is 6.40. The van der Waals surface area contributed by atoms with Gasteiger partial charge in [0.15, 0.2) is 0 Å². The van der Waals surface area contributed by atoms with Crippen LogP contribution < -0.4 is 4.74 Å². The zero-order chi connectivity index (χ0) is 22.1. The lowest BCUT2D eigenvalue weighted by molar-refractivity contribution is 0.0526. The van der Waals surface area contributed by atoms with Crippen molar-refractivity contribution < 1.29 is 14.3 Å². The zero-order valence-corrected chi connectivity index (χ0v) is 19.4. The fourth-order valence-corrected chi connectivity index (χ4v) is 4.33. The number of benzene rings is 2. The van der Waals surface area contributed by atoms with Gasteiger partial charge in [0.1, 0.15) is 5.75 Å². The van der Waals surface area contributed by atoms with Gasteiger partial charge >= 0.3 is 5.97 Å². The number of carbonyl (C=O) groups is 1. The van der Waals surface area contributed by atoms with Crippen LogP contribution in [-0.4, -0.2) is 19.7 Å². The van der Waals surface area contributed by atoms with Crippen molar-refractivity contribution in [3.8, 4) is 5.75 Å². The Kier molecular flexibility index (Phi) is 6.12. The summed E-state index contributed by atoms with van der Waals surface area (Å²) in [5.41, 5.74) is 6.98. The Balaban J connectivity index is 2.01. The predicted octanol–water partition coefficient (Wildman–Crippen LogP) is 6.78. The highest BCUT2D eigenvalue weighted by atomic mass is 16.5. The molecule has 1 aliphatic rings. The molecule has 0 N–H and O–H groups in total. The smallest absolute Gasteiger partial charge is 0.338 e. The van der Waals surface area contributed by atoms with Crippen LogP contribution >= 0.6 is 0 Å². The highest BCUT2D eigenvalue weighted by molar-refractivity contribution is 5.90. The summed E-state index contributed by atoms with van der Waals surface area (Å²) in [6.45, 7) is 13.6. The maximum atomic E-state index is 11.9. The molecule has 0 spiro atoms. The number of rotatable bonds is 5. The highest BCUT2D eigenvalue weighted by Gasteiger charge is 2.37. The maximum absolute atomic E-state index is 11.9. The van der Waals surface area contributed by atoms with E-state index >= 15 is 0 Å². The van der Waals surface area contributed by atoms with Gasteiger partial charge in [0.05, 0.1) is 19.3 Å². The fraction of sp³-hybridized carbons (Fsp3) is 0.444. The number of carbonyl (C=O) groups excluding carboxylic acids is 1. The van der Waals surface area contributed by atoms with Gasteiger partial charge in [-0.1, -0.05) is 45.9 Å². The summed E-state index contributed by atoms with van der Waals surface area (Å²) in [5.74, 6) is 0.627. The van der Waals surface area contributed by atoms with Gasteiger partial charge in [0, 0.05) is 5.56 Å². The third-order valence-electron chi connectivity index (χ3n) is 6.40. The van der Waals surface area contributed by atoms with Gasteiger partial charge in [-0.05, 0) is 84.0 Å². The second-order valence-corrected chi connectivity index (χ2v) is 9.54. The van der Waals surface area contributed by atoms with Crippen LogP contribution in [0.5, 0.6) is 5.75 Å². The monoisotopic (exact) mass is 406 g/mol. The van der Waals surface area contributed by atoms with E-state index in [2.05, 4.69) is 52.8 Å². The van der Waals surface area contributed by atoms with E-state index < -0.39 is 0 Å². The Morgan fingerprint density at radius 2 is 1.57 bits per heavy atom. The van der Waals surface area contributed by atoms with Crippen molar-refractivity contribution in [2.75, 3.05) is 13.7 Å². The van der Waals surface area contributed by atoms with Crippen molar-refractivity contribution in [3.63, 3.8) is 0 Å². The summed E-state index contributed by atoms with van der Waals surface area (Å²) in [6.07, 6.45) is 4.49. The molecular weight excluding hydrogens is 372 g/mol. The molecule has 0 bridgehead atoms. The Morgan fingerprint density at radius 3 is 2.10 bits per heavy atom. The van der Waals surface area contributed by atoms with Gasteiger partial charge in [-0.2, -0.15) is 0 Å². The Bertz CT molecular complexity index is 962. The molecule has 0 aromatic heterocycles. The fourth-order valence-electron chi connectivity index (χ4n) is 4.33. The summed E-state index contributed by atoms with van der Waals surface area (Å²) in [4.78, 5) is 11.9. The van der Waals surface area contributed by atoms with Crippen LogP contribution in [0.3, 0.4) is 0 Å². The first kappa shape index (κ1) is 22.1. The van der Waals surface area contributed by atoms with E-state index in [4.69, 9.17) is 9.47 Å². The summed E-state index contributed by atoms with van der Waals surface area (Å²) in [5, 5.41) is 0. The largest absolute Gasteiger partial charge is 0.496 e. The predicted molar refractivity (Wildman–Crippen MR) is 124 cm³/mol. The Morgan fingerprint density at radius 1 is 1.00 bits per heavy atom. The Hall–Kier alpha value is -2.55. The summed E-state index contributed by atoms with van der Waals surface area (Å²) < 4.78 is 10.9. The summed E-state index contributed by atoms with van der Waals surface area (Å²) in [7, 11) is 1.74. The zero-order valence-electron chi connectivity index (χ0n) is 19.4. The second-order valence-electron chi connectivity index (χ2n) is 9.54. The molecule has 1 aliphatic carbocycles. The number of methoxy groups -OCH3 is 1. The lowest BCUT2D eigenvalue weighted by atomic mass is 9.62. The Labute approximate surface area is 181 Å². The van der Waals surface area contributed by atoms with Crippen LogP contribution in [0.2, 0.25) is 0 Å².